The molecule has 1 aromatic carbocycles. The monoisotopic (exact) mass is 277 g/mol. The van der Waals surface area contributed by atoms with Crippen LogP contribution >= 0.6 is 0 Å². The van der Waals surface area contributed by atoms with Crippen LogP contribution in [-0.4, -0.2) is 29.2 Å². The predicted molar refractivity (Wildman–Crippen MR) is 68.0 cm³/mol. The summed E-state index contributed by atoms with van der Waals surface area (Å²) in [6.07, 6.45) is 1.60. The van der Waals surface area contributed by atoms with E-state index in [0.29, 0.717) is 17.9 Å². The van der Waals surface area contributed by atoms with Crippen molar-refractivity contribution in [2.45, 2.75) is 11.4 Å². The summed E-state index contributed by atoms with van der Waals surface area (Å²) in [5.74, 6) is 0.358. The Kier molecular flexibility index (Phi) is 2.59. The second kappa shape index (κ2) is 4.16. The van der Waals surface area contributed by atoms with E-state index in [4.69, 9.17) is 0 Å². The van der Waals surface area contributed by atoms with E-state index in [0.717, 1.165) is 5.69 Å². The van der Waals surface area contributed by atoms with Gasteiger partial charge in [0.1, 0.15) is 5.84 Å². The number of rotatable bonds is 2. The zero-order valence-electron chi connectivity index (χ0n) is 10.1. The number of aromatic nitrogens is 3. The molecular weight excluding hydrogens is 266 g/mol. The van der Waals surface area contributed by atoms with Crippen molar-refractivity contribution in [3.63, 3.8) is 0 Å². The SMILES string of the molecule is Cn1nncc1CN=C1NS(=O)(=O)c2ccccc21. The minimum Gasteiger partial charge on any atom is -0.263 e. The normalized spacial score (nSPS) is 18.3. The van der Waals surface area contributed by atoms with Crippen molar-refractivity contribution in [1.82, 2.24) is 19.7 Å². The Morgan fingerprint density at radius 2 is 2.16 bits per heavy atom. The van der Waals surface area contributed by atoms with Crippen molar-refractivity contribution < 1.29 is 8.42 Å². The lowest BCUT2D eigenvalue weighted by atomic mass is 10.2. The van der Waals surface area contributed by atoms with Gasteiger partial charge in [-0.1, -0.05) is 17.3 Å². The molecule has 8 heteroatoms. The van der Waals surface area contributed by atoms with Gasteiger partial charge in [-0.2, -0.15) is 0 Å². The summed E-state index contributed by atoms with van der Waals surface area (Å²) in [5.41, 5.74) is 1.40. The summed E-state index contributed by atoms with van der Waals surface area (Å²) in [6, 6.07) is 6.76. The van der Waals surface area contributed by atoms with Gasteiger partial charge in [0.05, 0.1) is 23.3 Å². The molecule has 3 rings (SSSR count). The Balaban J connectivity index is 1.98. The number of fused-ring (bicyclic) bond motifs is 1. The standard InChI is InChI=1S/C11H11N5O2S/c1-16-8(7-13-15-16)6-12-11-9-4-2-3-5-10(9)19(17,18)14-11/h2-5,7H,6H2,1H3,(H,12,14). The minimum atomic E-state index is -3.47. The molecule has 1 aliphatic heterocycles. The summed E-state index contributed by atoms with van der Waals surface area (Å²) in [4.78, 5) is 4.55. The van der Waals surface area contributed by atoms with Crippen molar-refractivity contribution in [2.75, 3.05) is 0 Å². The largest absolute Gasteiger partial charge is 0.263 e. The van der Waals surface area contributed by atoms with Gasteiger partial charge >= 0.3 is 0 Å². The number of nitrogens with zero attached hydrogens (tertiary/aromatic N) is 4. The first-order valence-corrected chi connectivity index (χ1v) is 7.06. The molecule has 0 spiro atoms. The van der Waals surface area contributed by atoms with Gasteiger partial charge < -0.3 is 0 Å². The van der Waals surface area contributed by atoms with Crippen molar-refractivity contribution >= 4 is 15.9 Å². The third kappa shape index (κ3) is 1.99. The topological polar surface area (TPSA) is 89.2 Å². The van der Waals surface area contributed by atoms with Crippen molar-refractivity contribution in [2.24, 2.45) is 12.0 Å². The Labute approximate surface area is 110 Å². The summed E-state index contributed by atoms with van der Waals surface area (Å²) in [6.45, 7) is 0.315. The van der Waals surface area contributed by atoms with Crippen LogP contribution in [0.3, 0.4) is 0 Å². The first-order valence-electron chi connectivity index (χ1n) is 5.58. The van der Waals surface area contributed by atoms with Crippen LogP contribution in [0.4, 0.5) is 0 Å². The van der Waals surface area contributed by atoms with Gasteiger partial charge in [0.15, 0.2) is 0 Å². The van der Waals surface area contributed by atoms with Crippen LogP contribution in [0, 0.1) is 0 Å². The molecule has 2 aromatic rings. The number of amidine groups is 1. The van der Waals surface area contributed by atoms with Crippen LogP contribution in [0.25, 0.3) is 0 Å². The zero-order chi connectivity index (χ0) is 13.5. The number of hydrogen-bond donors (Lipinski definition) is 1. The Hall–Kier alpha value is -2.22. The molecule has 1 aromatic heterocycles. The minimum absolute atomic E-state index is 0.261. The second-order valence-corrected chi connectivity index (χ2v) is 5.77. The van der Waals surface area contributed by atoms with Gasteiger partial charge in [-0.15, -0.1) is 5.10 Å². The number of sulfonamides is 1. The molecule has 0 atom stereocenters. The maximum Gasteiger partial charge on any atom is 0.263 e. The molecule has 98 valence electrons. The van der Waals surface area contributed by atoms with Crippen molar-refractivity contribution in [1.29, 1.82) is 0 Å². The van der Waals surface area contributed by atoms with Crippen LogP contribution in [0.15, 0.2) is 40.4 Å². The van der Waals surface area contributed by atoms with Crippen LogP contribution < -0.4 is 4.72 Å². The van der Waals surface area contributed by atoms with Gasteiger partial charge in [0.25, 0.3) is 10.0 Å². The predicted octanol–water partition coefficient (Wildman–Crippen LogP) is 0.0538. The van der Waals surface area contributed by atoms with Crippen molar-refractivity contribution in [3.8, 4) is 0 Å². The third-order valence-electron chi connectivity index (χ3n) is 2.87. The molecule has 0 aliphatic carbocycles. The molecule has 0 radical (unpaired) electrons. The molecule has 0 fully saturated rings. The highest BCUT2D eigenvalue weighted by Crippen LogP contribution is 2.22. The highest BCUT2D eigenvalue weighted by Gasteiger charge is 2.29. The third-order valence-corrected chi connectivity index (χ3v) is 4.27. The fraction of sp³-hybridized carbons (Fsp3) is 0.182. The molecule has 0 bridgehead atoms. The van der Waals surface area contributed by atoms with Gasteiger partial charge in [-0.05, 0) is 12.1 Å². The van der Waals surface area contributed by atoms with Gasteiger partial charge in [0.2, 0.25) is 0 Å². The van der Waals surface area contributed by atoms with E-state index in [-0.39, 0.29) is 4.90 Å². The summed E-state index contributed by atoms with van der Waals surface area (Å²) in [7, 11) is -1.72. The van der Waals surface area contributed by atoms with Crippen LogP contribution in [0.2, 0.25) is 0 Å². The average molecular weight is 277 g/mol. The number of aryl methyl sites for hydroxylation is 1. The number of aliphatic imine (C=N–C) groups is 1. The smallest absolute Gasteiger partial charge is 0.263 e. The first kappa shape index (κ1) is 11.8. The highest BCUT2D eigenvalue weighted by molar-refractivity contribution is 7.90. The summed E-state index contributed by atoms with van der Waals surface area (Å²) in [5, 5.41) is 7.54. The molecule has 0 saturated heterocycles. The molecule has 7 nitrogen and oxygen atoms in total. The maximum atomic E-state index is 11.9. The zero-order valence-corrected chi connectivity index (χ0v) is 10.9. The lowest BCUT2D eigenvalue weighted by Gasteiger charge is -1.99. The molecule has 2 heterocycles. The fourth-order valence-electron chi connectivity index (χ4n) is 1.87. The molecule has 0 amide bonds. The van der Waals surface area contributed by atoms with Crippen LogP contribution in [0.5, 0.6) is 0 Å². The number of hydrogen-bond acceptors (Lipinski definition) is 5. The van der Waals surface area contributed by atoms with E-state index < -0.39 is 10.0 Å². The van der Waals surface area contributed by atoms with E-state index in [9.17, 15) is 8.42 Å². The fourth-order valence-corrected chi connectivity index (χ4v) is 3.12. The van der Waals surface area contributed by atoms with Crippen LogP contribution in [-0.2, 0) is 23.6 Å². The summed E-state index contributed by atoms with van der Waals surface area (Å²) >= 11 is 0. The Bertz CT molecular complexity index is 763. The quantitative estimate of drug-likeness (QED) is 0.840. The molecule has 0 unspecified atom stereocenters. The molecule has 0 saturated carbocycles. The summed E-state index contributed by atoms with van der Waals surface area (Å²) < 4.78 is 27.8. The molecule has 1 N–H and O–H groups in total. The van der Waals surface area contributed by atoms with Gasteiger partial charge in [-0.25, -0.2) is 8.42 Å². The lowest BCUT2D eigenvalue weighted by Crippen LogP contribution is -2.22. The molecule has 1 aliphatic rings. The number of nitrogens with one attached hydrogen (secondary N) is 1. The van der Waals surface area contributed by atoms with E-state index in [1.165, 1.54) is 0 Å². The molecule has 19 heavy (non-hydrogen) atoms. The van der Waals surface area contributed by atoms with E-state index in [1.807, 2.05) is 0 Å². The Morgan fingerprint density at radius 3 is 2.89 bits per heavy atom. The van der Waals surface area contributed by atoms with Crippen LogP contribution in [0.1, 0.15) is 11.3 Å². The van der Waals surface area contributed by atoms with E-state index in [2.05, 4.69) is 20.0 Å². The lowest BCUT2D eigenvalue weighted by molar-refractivity contribution is 0.595. The Morgan fingerprint density at radius 1 is 1.37 bits per heavy atom. The highest BCUT2D eigenvalue weighted by atomic mass is 32.2. The average Bonchev–Trinajstić information content (AvgIpc) is 2.90. The van der Waals surface area contributed by atoms with Gasteiger partial charge in [-0.3, -0.25) is 14.4 Å². The number of benzene rings is 1. The van der Waals surface area contributed by atoms with E-state index in [1.54, 1.807) is 42.2 Å². The molecular formula is C11H11N5O2S. The van der Waals surface area contributed by atoms with Crippen molar-refractivity contribution in [3.05, 3.63) is 41.7 Å². The van der Waals surface area contributed by atoms with E-state index >= 15 is 0 Å². The second-order valence-electron chi connectivity index (χ2n) is 4.12. The maximum absolute atomic E-state index is 11.9. The first-order chi connectivity index (χ1) is 9.08. The van der Waals surface area contributed by atoms with Gasteiger partial charge in [0, 0.05) is 12.6 Å².